The molecule has 0 saturated carbocycles. The number of nitro groups is 1. The van der Waals surface area contributed by atoms with Gasteiger partial charge in [0.15, 0.2) is 0 Å². The summed E-state index contributed by atoms with van der Waals surface area (Å²) in [7, 11) is 0. The number of ether oxygens (including phenoxy) is 1. The highest BCUT2D eigenvalue weighted by Crippen LogP contribution is 2.28. The number of benzene rings is 1. The first-order chi connectivity index (χ1) is 8.95. The summed E-state index contributed by atoms with van der Waals surface area (Å²) in [5.74, 6) is 5.91. The number of hydrazine groups is 1. The Bertz CT molecular complexity index is 435. The molecule has 0 aliphatic rings. The van der Waals surface area contributed by atoms with Crippen molar-refractivity contribution in [2.24, 2.45) is 11.8 Å². The molecule has 1 atom stereocenters. The van der Waals surface area contributed by atoms with Crippen molar-refractivity contribution in [3.8, 4) is 0 Å². The number of nitrogens with one attached hydrogen (secondary N) is 1. The Kier molecular flexibility index (Phi) is 5.72. The molecule has 0 amide bonds. The van der Waals surface area contributed by atoms with Gasteiger partial charge in [0.05, 0.1) is 17.6 Å². The van der Waals surface area contributed by atoms with Gasteiger partial charge in [-0.05, 0) is 19.3 Å². The van der Waals surface area contributed by atoms with E-state index in [0.717, 1.165) is 6.42 Å². The number of hydrogen-bond donors (Lipinski definition) is 2. The van der Waals surface area contributed by atoms with Crippen LogP contribution in [-0.4, -0.2) is 11.0 Å². The number of anilines is 1. The highest BCUT2D eigenvalue weighted by atomic mass is 16.6. The Hall–Kier alpha value is -1.66. The predicted octanol–water partition coefficient (Wildman–Crippen LogP) is 2.83. The molecule has 1 rings (SSSR count). The molecular formula is C13H21N3O3. The van der Waals surface area contributed by atoms with Crippen LogP contribution in [0.5, 0.6) is 0 Å². The number of para-hydroxylation sites is 1. The summed E-state index contributed by atoms with van der Waals surface area (Å²) >= 11 is 0. The molecule has 0 spiro atoms. The van der Waals surface area contributed by atoms with E-state index in [2.05, 4.69) is 19.3 Å². The molecule has 1 aromatic rings. The quantitative estimate of drug-likeness (QED) is 0.450. The second-order valence-electron chi connectivity index (χ2n) is 4.96. The van der Waals surface area contributed by atoms with Gasteiger partial charge in [0.25, 0.3) is 5.69 Å². The average molecular weight is 267 g/mol. The Morgan fingerprint density at radius 3 is 2.63 bits per heavy atom. The molecule has 0 fully saturated rings. The molecule has 0 saturated heterocycles. The molecule has 0 aliphatic carbocycles. The molecule has 0 aromatic heterocycles. The standard InChI is InChI=1S/C13H21N3O3/c1-9(2)7-10(3)19-8-11-5-4-6-12(16(17)18)13(11)15-14/h4-6,9-10,15H,7-8,14H2,1-3H3. The molecule has 1 aromatic carbocycles. The molecule has 6 nitrogen and oxygen atoms in total. The van der Waals surface area contributed by atoms with Crippen molar-refractivity contribution in [3.63, 3.8) is 0 Å². The van der Waals surface area contributed by atoms with Gasteiger partial charge in [0.1, 0.15) is 5.69 Å². The second-order valence-corrected chi connectivity index (χ2v) is 4.96. The van der Waals surface area contributed by atoms with E-state index < -0.39 is 4.92 Å². The van der Waals surface area contributed by atoms with E-state index in [-0.39, 0.29) is 11.8 Å². The number of nitro benzene ring substituents is 1. The number of nitrogens with two attached hydrogens (primary N) is 1. The lowest BCUT2D eigenvalue weighted by atomic mass is 10.1. The third kappa shape index (κ3) is 4.50. The van der Waals surface area contributed by atoms with Gasteiger partial charge >= 0.3 is 0 Å². The van der Waals surface area contributed by atoms with Crippen molar-refractivity contribution in [1.82, 2.24) is 0 Å². The van der Waals surface area contributed by atoms with E-state index in [1.54, 1.807) is 12.1 Å². The number of nitrogen functional groups attached to an aromatic ring is 1. The first kappa shape index (κ1) is 15.4. The minimum Gasteiger partial charge on any atom is -0.374 e. The number of hydrogen-bond acceptors (Lipinski definition) is 5. The van der Waals surface area contributed by atoms with Crippen LogP contribution in [0.2, 0.25) is 0 Å². The summed E-state index contributed by atoms with van der Waals surface area (Å²) < 4.78 is 5.70. The maximum absolute atomic E-state index is 10.9. The van der Waals surface area contributed by atoms with Crippen LogP contribution < -0.4 is 11.3 Å². The van der Waals surface area contributed by atoms with Crippen molar-refractivity contribution in [3.05, 3.63) is 33.9 Å². The summed E-state index contributed by atoms with van der Waals surface area (Å²) in [6, 6.07) is 4.81. The van der Waals surface area contributed by atoms with E-state index in [1.165, 1.54) is 6.07 Å². The van der Waals surface area contributed by atoms with Crippen LogP contribution >= 0.6 is 0 Å². The number of rotatable bonds is 7. The van der Waals surface area contributed by atoms with E-state index in [1.807, 2.05) is 6.92 Å². The minimum absolute atomic E-state index is 0.0416. The Morgan fingerprint density at radius 2 is 2.11 bits per heavy atom. The van der Waals surface area contributed by atoms with E-state index in [9.17, 15) is 10.1 Å². The van der Waals surface area contributed by atoms with Gasteiger partial charge < -0.3 is 10.2 Å². The fourth-order valence-corrected chi connectivity index (χ4v) is 1.99. The van der Waals surface area contributed by atoms with Gasteiger partial charge in [-0.1, -0.05) is 26.0 Å². The SMILES string of the molecule is CC(C)CC(C)OCc1cccc([N+](=O)[O-])c1NN. The Balaban J connectivity index is 2.78. The largest absolute Gasteiger partial charge is 0.374 e. The van der Waals surface area contributed by atoms with Crippen molar-refractivity contribution in [2.45, 2.75) is 39.9 Å². The molecule has 0 heterocycles. The van der Waals surface area contributed by atoms with Crippen molar-refractivity contribution < 1.29 is 9.66 Å². The monoisotopic (exact) mass is 267 g/mol. The molecule has 1 unspecified atom stereocenters. The molecule has 3 N–H and O–H groups in total. The molecule has 0 aliphatic heterocycles. The fourth-order valence-electron chi connectivity index (χ4n) is 1.99. The van der Waals surface area contributed by atoms with Crippen LogP contribution in [0.25, 0.3) is 0 Å². The normalized spacial score (nSPS) is 12.5. The highest BCUT2D eigenvalue weighted by molar-refractivity contribution is 5.65. The number of nitrogens with zero attached hydrogens (tertiary/aromatic N) is 1. The van der Waals surface area contributed by atoms with E-state index >= 15 is 0 Å². The summed E-state index contributed by atoms with van der Waals surface area (Å²) in [5, 5.41) is 10.9. The van der Waals surface area contributed by atoms with Gasteiger partial charge in [0, 0.05) is 11.6 Å². The predicted molar refractivity (Wildman–Crippen MR) is 74.6 cm³/mol. The molecule has 106 valence electrons. The van der Waals surface area contributed by atoms with Gasteiger partial charge in [-0.2, -0.15) is 0 Å². The van der Waals surface area contributed by atoms with Crippen molar-refractivity contribution in [2.75, 3.05) is 5.43 Å². The molecule has 6 heteroatoms. The van der Waals surface area contributed by atoms with Gasteiger partial charge in [-0.25, -0.2) is 0 Å². The van der Waals surface area contributed by atoms with Crippen LogP contribution in [0.15, 0.2) is 18.2 Å². The maximum atomic E-state index is 10.9. The molecule has 19 heavy (non-hydrogen) atoms. The third-order valence-electron chi connectivity index (χ3n) is 2.80. The van der Waals surface area contributed by atoms with Crippen LogP contribution in [0, 0.1) is 16.0 Å². The topological polar surface area (TPSA) is 90.4 Å². The molecule has 0 radical (unpaired) electrons. The third-order valence-corrected chi connectivity index (χ3v) is 2.80. The molecule has 0 bridgehead atoms. The highest BCUT2D eigenvalue weighted by Gasteiger charge is 2.17. The van der Waals surface area contributed by atoms with E-state index in [0.29, 0.717) is 23.8 Å². The Morgan fingerprint density at radius 1 is 1.42 bits per heavy atom. The smallest absolute Gasteiger partial charge is 0.294 e. The van der Waals surface area contributed by atoms with Crippen LogP contribution in [0.4, 0.5) is 11.4 Å². The van der Waals surface area contributed by atoms with Gasteiger partial charge in [0.2, 0.25) is 0 Å². The first-order valence-corrected chi connectivity index (χ1v) is 6.30. The zero-order chi connectivity index (χ0) is 14.4. The summed E-state index contributed by atoms with van der Waals surface area (Å²) in [6.07, 6.45) is 1.05. The fraction of sp³-hybridized carbons (Fsp3) is 0.538. The van der Waals surface area contributed by atoms with Crippen LogP contribution in [-0.2, 0) is 11.3 Å². The average Bonchev–Trinajstić information content (AvgIpc) is 2.34. The summed E-state index contributed by atoms with van der Waals surface area (Å²) in [5.41, 5.74) is 3.34. The lowest BCUT2D eigenvalue weighted by Crippen LogP contribution is -2.15. The van der Waals surface area contributed by atoms with Gasteiger partial charge in [-0.3, -0.25) is 16.0 Å². The second kappa shape index (κ2) is 7.06. The van der Waals surface area contributed by atoms with Crippen molar-refractivity contribution in [1.29, 1.82) is 0 Å². The summed E-state index contributed by atoms with van der Waals surface area (Å²) in [4.78, 5) is 10.4. The van der Waals surface area contributed by atoms with E-state index in [4.69, 9.17) is 10.6 Å². The van der Waals surface area contributed by atoms with Crippen LogP contribution in [0.3, 0.4) is 0 Å². The zero-order valence-corrected chi connectivity index (χ0v) is 11.6. The Labute approximate surface area is 113 Å². The van der Waals surface area contributed by atoms with Gasteiger partial charge in [-0.15, -0.1) is 0 Å². The minimum atomic E-state index is -0.462. The van der Waals surface area contributed by atoms with Crippen LogP contribution in [0.1, 0.15) is 32.8 Å². The first-order valence-electron chi connectivity index (χ1n) is 6.30. The lowest BCUT2D eigenvalue weighted by Gasteiger charge is -2.16. The van der Waals surface area contributed by atoms with Crippen molar-refractivity contribution >= 4 is 11.4 Å². The zero-order valence-electron chi connectivity index (χ0n) is 11.6. The lowest BCUT2D eigenvalue weighted by molar-refractivity contribution is -0.384. The maximum Gasteiger partial charge on any atom is 0.294 e. The summed E-state index contributed by atoms with van der Waals surface area (Å²) in [6.45, 7) is 6.54. The molecular weight excluding hydrogens is 246 g/mol.